The minimum Gasteiger partial charge on any atom is -0.491 e. The van der Waals surface area contributed by atoms with Gasteiger partial charge in [-0.3, -0.25) is 0 Å². The zero-order valence-corrected chi connectivity index (χ0v) is 9.43. The summed E-state index contributed by atoms with van der Waals surface area (Å²) >= 11 is 3.39. The standard InChI is InChI=1S/C10H13BrO2/c1-8-3-4-9(11)7-10(8)13-6-5-12-2/h3-4,7H,5-6H2,1-2H3. The summed E-state index contributed by atoms with van der Waals surface area (Å²) in [6, 6.07) is 5.98. The van der Waals surface area contributed by atoms with Crippen molar-refractivity contribution in [2.24, 2.45) is 0 Å². The molecule has 0 fully saturated rings. The van der Waals surface area contributed by atoms with Crippen molar-refractivity contribution >= 4 is 15.9 Å². The third-order valence-electron chi connectivity index (χ3n) is 1.70. The number of aryl methyl sites for hydroxylation is 1. The molecule has 0 unspecified atom stereocenters. The van der Waals surface area contributed by atoms with Gasteiger partial charge in [0.2, 0.25) is 0 Å². The van der Waals surface area contributed by atoms with Crippen LogP contribution < -0.4 is 4.74 Å². The van der Waals surface area contributed by atoms with E-state index in [-0.39, 0.29) is 0 Å². The summed E-state index contributed by atoms with van der Waals surface area (Å²) in [5.41, 5.74) is 1.14. The second-order valence-corrected chi connectivity index (χ2v) is 3.67. The van der Waals surface area contributed by atoms with Gasteiger partial charge in [-0.15, -0.1) is 0 Å². The highest BCUT2D eigenvalue weighted by Crippen LogP contribution is 2.22. The molecular formula is C10H13BrO2. The molecule has 0 aliphatic carbocycles. The van der Waals surface area contributed by atoms with E-state index in [4.69, 9.17) is 9.47 Å². The van der Waals surface area contributed by atoms with Crippen LogP contribution in [0.1, 0.15) is 5.56 Å². The summed E-state index contributed by atoms with van der Waals surface area (Å²) in [6.45, 7) is 3.23. The largest absolute Gasteiger partial charge is 0.491 e. The maximum Gasteiger partial charge on any atom is 0.123 e. The van der Waals surface area contributed by atoms with Gasteiger partial charge in [0, 0.05) is 11.6 Å². The predicted octanol–water partition coefficient (Wildman–Crippen LogP) is 2.78. The molecule has 0 aliphatic heterocycles. The maximum atomic E-state index is 5.50. The van der Waals surface area contributed by atoms with Crippen molar-refractivity contribution in [1.82, 2.24) is 0 Å². The molecule has 0 radical (unpaired) electrons. The molecule has 0 spiro atoms. The Bertz CT molecular complexity index is 274. The average Bonchev–Trinajstić information content (AvgIpc) is 2.11. The van der Waals surface area contributed by atoms with Crippen LogP contribution >= 0.6 is 15.9 Å². The van der Waals surface area contributed by atoms with Gasteiger partial charge in [-0.2, -0.15) is 0 Å². The fourth-order valence-electron chi connectivity index (χ4n) is 0.964. The van der Waals surface area contributed by atoms with Crippen LogP contribution in [0.3, 0.4) is 0 Å². The number of methoxy groups -OCH3 is 1. The Kier molecular flexibility index (Phi) is 4.25. The lowest BCUT2D eigenvalue weighted by Gasteiger charge is -2.08. The van der Waals surface area contributed by atoms with Crippen molar-refractivity contribution in [1.29, 1.82) is 0 Å². The normalized spacial score (nSPS) is 10.1. The Morgan fingerprint density at radius 1 is 1.31 bits per heavy atom. The lowest BCUT2D eigenvalue weighted by molar-refractivity contribution is 0.146. The summed E-state index contributed by atoms with van der Waals surface area (Å²) < 4.78 is 11.4. The topological polar surface area (TPSA) is 18.5 Å². The summed E-state index contributed by atoms with van der Waals surface area (Å²) in [5, 5.41) is 0. The monoisotopic (exact) mass is 244 g/mol. The molecule has 72 valence electrons. The molecule has 0 aliphatic rings. The first kappa shape index (κ1) is 10.5. The Morgan fingerprint density at radius 3 is 2.77 bits per heavy atom. The molecule has 0 bridgehead atoms. The van der Waals surface area contributed by atoms with Crippen LogP contribution in [-0.4, -0.2) is 20.3 Å². The highest BCUT2D eigenvalue weighted by molar-refractivity contribution is 9.10. The van der Waals surface area contributed by atoms with Gasteiger partial charge in [-0.1, -0.05) is 22.0 Å². The zero-order valence-electron chi connectivity index (χ0n) is 7.84. The second-order valence-electron chi connectivity index (χ2n) is 2.75. The maximum absolute atomic E-state index is 5.50. The molecule has 0 N–H and O–H groups in total. The molecule has 1 aromatic carbocycles. The first-order valence-electron chi connectivity index (χ1n) is 4.12. The van der Waals surface area contributed by atoms with E-state index < -0.39 is 0 Å². The minimum absolute atomic E-state index is 0.591. The van der Waals surface area contributed by atoms with Crippen LogP contribution in [0.2, 0.25) is 0 Å². The first-order valence-corrected chi connectivity index (χ1v) is 4.91. The molecule has 0 atom stereocenters. The van der Waals surface area contributed by atoms with Gasteiger partial charge in [-0.25, -0.2) is 0 Å². The van der Waals surface area contributed by atoms with Gasteiger partial charge in [0.15, 0.2) is 0 Å². The summed E-state index contributed by atoms with van der Waals surface area (Å²) in [7, 11) is 1.66. The van der Waals surface area contributed by atoms with E-state index in [0.29, 0.717) is 13.2 Å². The van der Waals surface area contributed by atoms with Crippen LogP contribution in [0, 0.1) is 6.92 Å². The molecule has 2 nitrogen and oxygen atoms in total. The Morgan fingerprint density at radius 2 is 2.08 bits per heavy atom. The van der Waals surface area contributed by atoms with Crippen molar-refractivity contribution in [2.45, 2.75) is 6.92 Å². The fourth-order valence-corrected chi connectivity index (χ4v) is 1.30. The van der Waals surface area contributed by atoms with Crippen LogP contribution in [-0.2, 0) is 4.74 Å². The summed E-state index contributed by atoms with van der Waals surface area (Å²) in [6.07, 6.45) is 0. The first-order chi connectivity index (χ1) is 6.24. The van der Waals surface area contributed by atoms with Crippen LogP contribution in [0.25, 0.3) is 0 Å². The Hall–Kier alpha value is -0.540. The van der Waals surface area contributed by atoms with E-state index in [2.05, 4.69) is 15.9 Å². The van der Waals surface area contributed by atoms with Crippen molar-refractivity contribution in [3.05, 3.63) is 28.2 Å². The molecule has 0 amide bonds. The van der Waals surface area contributed by atoms with Crippen LogP contribution in [0.15, 0.2) is 22.7 Å². The van der Waals surface area contributed by atoms with Crippen molar-refractivity contribution < 1.29 is 9.47 Å². The molecule has 0 saturated heterocycles. The van der Waals surface area contributed by atoms with E-state index in [1.54, 1.807) is 7.11 Å². The van der Waals surface area contributed by atoms with E-state index in [1.165, 1.54) is 0 Å². The number of halogens is 1. The number of hydrogen-bond acceptors (Lipinski definition) is 2. The number of ether oxygens (including phenoxy) is 2. The third kappa shape index (κ3) is 3.36. The van der Waals surface area contributed by atoms with Gasteiger partial charge in [-0.05, 0) is 24.6 Å². The van der Waals surface area contributed by atoms with Gasteiger partial charge in [0.25, 0.3) is 0 Å². The minimum atomic E-state index is 0.591. The molecule has 0 heterocycles. The van der Waals surface area contributed by atoms with Crippen molar-refractivity contribution in [3.63, 3.8) is 0 Å². The van der Waals surface area contributed by atoms with E-state index in [1.807, 2.05) is 25.1 Å². The molecule has 3 heteroatoms. The van der Waals surface area contributed by atoms with E-state index in [0.717, 1.165) is 15.8 Å². The molecule has 13 heavy (non-hydrogen) atoms. The average molecular weight is 245 g/mol. The number of benzene rings is 1. The molecule has 0 aromatic heterocycles. The molecule has 0 saturated carbocycles. The van der Waals surface area contributed by atoms with Crippen LogP contribution in [0.5, 0.6) is 5.75 Å². The predicted molar refractivity (Wildman–Crippen MR) is 56.3 cm³/mol. The lowest BCUT2D eigenvalue weighted by Crippen LogP contribution is -2.05. The van der Waals surface area contributed by atoms with Crippen molar-refractivity contribution in [3.8, 4) is 5.75 Å². The second kappa shape index (κ2) is 5.25. The van der Waals surface area contributed by atoms with Crippen molar-refractivity contribution in [2.75, 3.05) is 20.3 Å². The fraction of sp³-hybridized carbons (Fsp3) is 0.400. The van der Waals surface area contributed by atoms with Gasteiger partial charge < -0.3 is 9.47 Å². The number of hydrogen-bond donors (Lipinski definition) is 0. The Labute approximate surface area is 87.0 Å². The van der Waals surface area contributed by atoms with E-state index >= 15 is 0 Å². The quantitative estimate of drug-likeness (QED) is 0.759. The van der Waals surface area contributed by atoms with Gasteiger partial charge in [0.05, 0.1) is 6.61 Å². The smallest absolute Gasteiger partial charge is 0.123 e. The molecule has 1 aromatic rings. The molecular weight excluding hydrogens is 232 g/mol. The SMILES string of the molecule is COCCOc1cc(Br)ccc1C. The lowest BCUT2D eigenvalue weighted by atomic mass is 10.2. The Balaban J connectivity index is 2.59. The zero-order chi connectivity index (χ0) is 9.68. The summed E-state index contributed by atoms with van der Waals surface area (Å²) in [5.74, 6) is 0.909. The van der Waals surface area contributed by atoms with Gasteiger partial charge in [0.1, 0.15) is 12.4 Å². The third-order valence-corrected chi connectivity index (χ3v) is 2.19. The highest BCUT2D eigenvalue weighted by atomic mass is 79.9. The summed E-state index contributed by atoms with van der Waals surface area (Å²) in [4.78, 5) is 0. The highest BCUT2D eigenvalue weighted by Gasteiger charge is 1.99. The van der Waals surface area contributed by atoms with Gasteiger partial charge >= 0.3 is 0 Å². The molecule has 1 rings (SSSR count). The number of rotatable bonds is 4. The van der Waals surface area contributed by atoms with E-state index in [9.17, 15) is 0 Å². The van der Waals surface area contributed by atoms with Crippen LogP contribution in [0.4, 0.5) is 0 Å².